The first kappa shape index (κ1) is 14.8. The van der Waals surface area contributed by atoms with Gasteiger partial charge in [-0.05, 0) is 12.1 Å². The van der Waals surface area contributed by atoms with Gasteiger partial charge in [0.1, 0.15) is 0 Å². The molecule has 2 aromatic rings. The molecular formula is C13H6Cl2F3NO. The first-order valence-electron chi connectivity index (χ1n) is 5.31. The number of aromatic nitrogens is 1. The number of carbonyl (C=O) groups is 1. The smallest absolute Gasteiger partial charge is 0.298 e. The minimum absolute atomic E-state index is 0.0560. The van der Waals surface area contributed by atoms with Gasteiger partial charge in [0.05, 0.1) is 21.3 Å². The molecule has 0 unspecified atom stereocenters. The van der Waals surface area contributed by atoms with Crippen molar-refractivity contribution < 1.29 is 18.0 Å². The molecule has 0 aliphatic rings. The third-order valence-electron chi connectivity index (χ3n) is 2.58. The number of alkyl halides is 3. The first-order chi connectivity index (χ1) is 9.34. The number of nitrogens with zero attached hydrogens (tertiary/aromatic N) is 1. The summed E-state index contributed by atoms with van der Waals surface area (Å²) in [6.07, 6.45) is -3.62. The molecule has 0 saturated carbocycles. The average molecular weight is 320 g/mol. The Labute approximate surface area is 122 Å². The predicted molar refractivity (Wildman–Crippen MR) is 70.1 cm³/mol. The topological polar surface area (TPSA) is 30.0 Å². The van der Waals surface area contributed by atoms with E-state index in [1.165, 1.54) is 12.1 Å². The van der Waals surface area contributed by atoms with Crippen LogP contribution in [0.3, 0.4) is 0 Å². The van der Waals surface area contributed by atoms with Gasteiger partial charge in [-0.25, -0.2) is 0 Å². The third kappa shape index (κ3) is 2.78. The maximum atomic E-state index is 12.6. The van der Waals surface area contributed by atoms with Crippen LogP contribution in [0.25, 0.3) is 11.3 Å². The number of hydrogen-bond acceptors (Lipinski definition) is 2. The standard InChI is InChI=1S/C13H6Cl2F3NO/c14-10-3-1-2-9(11(10)15)12-7(6-20)4-8(5-19-12)13(16,17)18/h1-6H. The first-order valence-corrected chi connectivity index (χ1v) is 6.07. The van der Waals surface area contributed by atoms with Gasteiger partial charge < -0.3 is 0 Å². The summed E-state index contributed by atoms with van der Waals surface area (Å²) in [4.78, 5) is 14.7. The van der Waals surface area contributed by atoms with Gasteiger partial charge in [-0.15, -0.1) is 0 Å². The van der Waals surface area contributed by atoms with E-state index in [2.05, 4.69) is 4.98 Å². The molecule has 0 amide bonds. The molecule has 2 nitrogen and oxygen atoms in total. The Morgan fingerprint density at radius 1 is 1.20 bits per heavy atom. The fourth-order valence-electron chi connectivity index (χ4n) is 1.64. The highest BCUT2D eigenvalue weighted by Gasteiger charge is 2.32. The summed E-state index contributed by atoms with van der Waals surface area (Å²) in [5.41, 5.74) is -0.846. The minimum Gasteiger partial charge on any atom is -0.298 e. The molecule has 0 fully saturated rings. The molecule has 1 aromatic heterocycles. The van der Waals surface area contributed by atoms with E-state index < -0.39 is 11.7 Å². The monoisotopic (exact) mass is 319 g/mol. The second kappa shape index (κ2) is 5.42. The molecule has 0 N–H and O–H groups in total. The second-order valence-corrected chi connectivity index (χ2v) is 4.66. The Hall–Kier alpha value is -1.59. The van der Waals surface area contributed by atoms with Crippen LogP contribution >= 0.6 is 23.2 Å². The molecule has 0 atom stereocenters. The van der Waals surface area contributed by atoms with Crippen LogP contribution in [0.5, 0.6) is 0 Å². The molecule has 1 aromatic carbocycles. The zero-order valence-electron chi connectivity index (χ0n) is 9.71. The van der Waals surface area contributed by atoms with Crippen molar-refractivity contribution in [3.05, 3.63) is 51.6 Å². The van der Waals surface area contributed by atoms with Crippen LogP contribution in [0.4, 0.5) is 13.2 Å². The van der Waals surface area contributed by atoms with Gasteiger partial charge in [0, 0.05) is 17.3 Å². The van der Waals surface area contributed by atoms with Crippen molar-refractivity contribution in [1.29, 1.82) is 0 Å². The van der Waals surface area contributed by atoms with E-state index in [0.29, 0.717) is 18.0 Å². The van der Waals surface area contributed by atoms with Crippen LogP contribution < -0.4 is 0 Å². The predicted octanol–water partition coefficient (Wildman–Crippen LogP) is 4.89. The number of halogens is 5. The van der Waals surface area contributed by atoms with E-state index in [4.69, 9.17) is 23.2 Å². The van der Waals surface area contributed by atoms with E-state index in [1.807, 2.05) is 0 Å². The van der Waals surface area contributed by atoms with Crippen LogP contribution in [-0.2, 0) is 6.18 Å². The maximum absolute atomic E-state index is 12.6. The molecule has 20 heavy (non-hydrogen) atoms. The SMILES string of the molecule is O=Cc1cc(C(F)(F)F)cnc1-c1cccc(Cl)c1Cl. The fraction of sp³-hybridized carbons (Fsp3) is 0.0769. The van der Waals surface area contributed by atoms with Crippen molar-refractivity contribution in [3.63, 3.8) is 0 Å². The highest BCUT2D eigenvalue weighted by molar-refractivity contribution is 6.43. The van der Waals surface area contributed by atoms with Crippen molar-refractivity contribution in [1.82, 2.24) is 4.98 Å². The number of rotatable bonds is 2. The third-order valence-corrected chi connectivity index (χ3v) is 3.40. The van der Waals surface area contributed by atoms with Gasteiger partial charge in [-0.1, -0.05) is 35.3 Å². The van der Waals surface area contributed by atoms with Crippen molar-refractivity contribution in [2.45, 2.75) is 6.18 Å². The molecule has 0 radical (unpaired) electrons. The Kier molecular flexibility index (Phi) is 4.01. The van der Waals surface area contributed by atoms with Crippen molar-refractivity contribution >= 4 is 29.5 Å². The normalized spacial score (nSPS) is 11.4. The molecule has 0 spiro atoms. The Morgan fingerprint density at radius 3 is 2.50 bits per heavy atom. The number of benzene rings is 1. The van der Waals surface area contributed by atoms with Gasteiger partial charge >= 0.3 is 6.18 Å². The van der Waals surface area contributed by atoms with Gasteiger partial charge in [0.15, 0.2) is 6.29 Å². The summed E-state index contributed by atoms with van der Waals surface area (Å²) in [5, 5.41) is 0.354. The molecule has 1 heterocycles. The van der Waals surface area contributed by atoms with Crippen LogP contribution in [0.2, 0.25) is 10.0 Å². The van der Waals surface area contributed by atoms with E-state index in [-0.39, 0.29) is 21.3 Å². The van der Waals surface area contributed by atoms with Crippen LogP contribution in [0.15, 0.2) is 30.5 Å². The van der Waals surface area contributed by atoms with Gasteiger partial charge in [0.25, 0.3) is 0 Å². The average Bonchev–Trinajstić information content (AvgIpc) is 2.40. The number of pyridine rings is 1. The largest absolute Gasteiger partial charge is 0.417 e. The zero-order chi connectivity index (χ0) is 14.9. The highest BCUT2D eigenvalue weighted by Crippen LogP contribution is 2.36. The molecule has 104 valence electrons. The number of carbonyl (C=O) groups excluding carboxylic acids is 1. The van der Waals surface area contributed by atoms with Crippen molar-refractivity contribution in [2.75, 3.05) is 0 Å². The summed E-state index contributed by atoms with van der Waals surface area (Å²) < 4.78 is 37.7. The Bertz CT molecular complexity index is 671. The fourth-order valence-corrected chi connectivity index (χ4v) is 2.03. The quantitative estimate of drug-likeness (QED) is 0.738. The van der Waals surface area contributed by atoms with E-state index in [0.717, 1.165) is 6.07 Å². The molecule has 0 saturated heterocycles. The van der Waals surface area contributed by atoms with Crippen LogP contribution in [0.1, 0.15) is 15.9 Å². The highest BCUT2D eigenvalue weighted by atomic mass is 35.5. The number of hydrogen-bond donors (Lipinski definition) is 0. The van der Waals surface area contributed by atoms with Gasteiger partial charge in [0.2, 0.25) is 0 Å². The molecule has 0 aliphatic carbocycles. The molecule has 0 bridgehead atoms. The van der Waals surface area contributed by atoms with E-state index >= 15 is 0 Å². The molecule has 2 rings (SSSR count). The van der Waals surface area contributed by atoms with Crippen LogP contribution in [-0.4, -0.2) is 11.3 Å². The lowest BCUT2D eigenvalue weighted by Gasteiger charge is -2.11. The second-order valence-electron chi connectivity index (χ2n) is 3.88. The maximum Gasteiger partial charge on any atom is 0.417 e. The summed E-state index contributed by atoms with van der Waals surface area (Å²) >= 11 is 11.8. The molecule has 0 aliphatic heterocycles. The van der Waals surface area contributed by atoms with Gasteiger partial charge in [-0.2, -0.15) is 13.2 Å². The lowest BCUT2D eigenvalue weighted by atomic mass is 10.0. The number of aldehydes is 1. The van der Waals surface area contributed by atoms with Crippen molar-refractivity contribution in [3.8, 4) is 11.3 Å². The lowest BCUT2D eigenvalue weighted by molar-refractivity contribution is -0.137. The summed E-state index contributed by atoms with van der Waals surface area (Å²) in [5.74, 6) is 0. The van der Waals surface area contributed by atoms with Crippen molar-refractivity contribution in [2.24, 2.45) is 0 Å². The summed E-state index contributed by atoms with van der Waals surface area (Å²) in [6.45, 7) is 0. The molecule has 7 heteroatoms. The van der Waals surface area contributed by atoms with E-state index in [1.54, 1.807) is 6.07 Å². The zero-order valence-corrected chi connectivity index (χ0v) is 11.2. The summed E-state index contributed by atoms with van der Waals surface area (Å²) in [6, 6.07) is 5.35. The molecular weight excluding hydrogens is 314 g/mol. The van der Waals surface area contributed by atoms with Gasteiger partial charge in [-0.3, -0.25) is 9.78 Å². The van der Waals surface area contributed by atoms with E-state index in [9.17, 15) is 18.0 Å². The summed E-state index contributed by atoms with van der Waals surface area (Å²) in [7, 11) is 0. The Balaban J connectivity index is 2.64. The lowest BCUT2D eigenvalue weighted by Crippen LogP contribution is -2.07. The Morgan fingerprint density at radius 2 is 1.90 bits per heavy atom. The van der Waals surface area contributed by atoms with Crippen LogP contribution in [0, 0.1) is 0 Å². The minimum atomic E-state index is -4.57.